The van der Waals surface area contributed by atoms with Gasteiger partial charge in [-0.25, -0.2) is 9.18 Å². The monoisotopic (exact) mass is 248 g/mol. The second kappa shape index (κ2) is 5.35. The normalized spacial score (nSPS) is 10.1. The van der Waals surface area contributed by atoms with Crippen molar-refractivity contribution < 1.29 is 13.6 Å². The van der Waals surface area contributed by atoms with Crippen molar-refractivity contribution in [1.29, 1.82) is 0 Å². The highest BCUT2D eigenvalue weighted by atomic mass is 19.1. The molecule has 5 heteroatoms. The summed E-state index contributed by atoms with van der Waals surface area (Å²) in [7, 11) is 1.67. The van der Waals surface area contributed by atoms with Crippen molar-refractivity contribution >= 4 is 11.7 Å². The van der Waals surface area contributed by atoms with Crippen LogP contribution in [0.1, 0.15) is 5.56 Å². The van der Waals surface area contributed by atoms with Crippen molar-refractivity contribution in [3.05, 3.63) is 54.2 Å². The van der Waals surface area contributed by atoms with Gasteiger partial charge in [0.25, 0.3) is 0 Å². The van der Waals surface area contributed by atoms with Gasteiger partial charge in [-0.3, -0.25) is 0 Å². The molecule has 0 radical (unpaired) electrons. The predicted molar refractivity (Wildman–Crippen MR) is 65.6 cm³/mol. The first kappa shape index (κ1) is 12.2. The molecule has 0 atom stereocenters. The van der Waals surface area contributed by atoms with E-state index in [1.54, 1.807) is 25.6 Å². The van der Waals surface area contributed by atoms with Crippen LogP contribution in [-0.4, -0.2) is 18.0 Å². The van der Waals surface area contributed by atoms with Gasteiger partial charge in [-0.1, -0.05) is 0 Å². The quantitative estimate of drug-likeness (QED) is 0.907. The zero-order chi connectivity index (χ0) is 13.0. The van der Waals surface area contributed by atoms with Crippen molar-refractivity contribution in [3.8, 4) is 0 Å². The van der Waals surface area contributed by atoms with Crippen LogP contribution in [0.5, 0.6) is 0 Å². The minimum Gasteiger partial charge on any atom is -0.472 e. The summed E-state index contributed by atoms with van der Waals surface area (Å²) in [5.41, 5.74) is 1.46. The number of nitrogens with zero attached hydrogens (tertiary/aromatic N) is 1. The summed E-state index contributed by atoms with van der Waals surface area (Å²) in [6.45, 7) is 0.448. The van der Waals surface area contributed by atoms with Gasteiger partial charge in [0, 0.05) is 18.3 Å². The Bertz CT molecular complexity index is 508. The van der Waals surface area contributed by atoms with E-state index in [0.29, 0.717) is 12.2 Å². The lowest BCUT2D eigenvalue weighted by Crippen LogP contribution is -2.30. The number of urea groups is 1. The summed E-state index contributed by atoms with van der Waals surface area (Å²) in [5, 5.41) is 2.67. The van der Waals surface area contributed by atoms with Crippen LogP contribution >= 0.6 is 0 Å². The van der Waals surface area contributed by atoms with Gasteiger partial charge in [0.15, 0.2) is 0 Å². The molecule has 18 heavy (non-hydrogen) atoms. The molecule has 1 aromatic heterocycles. The van der Waals surface area contributed by atoms with E-state index < -0.39 is 0 Å². The van der Waals surface area contributed by atoms with E-state index >= 15 is 0 Å². The summed E-state index contributed by atoms with van der Waals surface area (Å²) in [5.74, 6) is -0.334. The van der Waals surface area contributed by atoms with Gasteiger partial charge in [-0.2, -0.15) is 0 Å². The smallest absolute Gasteiger partial charge is 0.321 e. The zero-order valence-corrected chi connectivity index (χ0v) is 9.89. The van der Waals surface area contributed by atoms with Crippen molar-refractivity contribution in [2.24, 2.45) is 0 Å². The number of nitrogens with one attached hydrogen (secondary N) is 1. The second-order valence-electron chi connectivity index (χ2n) is 3.92. The molecule has 0 aliphatic heterocycles. The Morgan fingerprint density at radius 1 is 1.33 bits per heavy atom. The van der Waals surface area contributed by atoms with Crippen LogP contribution in [0.4, 0.5) is 14.9 Å². The molecule has 0 saturated heterocycles. The maximum absolute atomic E-state index is 12.7. The number of hydrogen-bond acceptors (Lipinski definition) is 2. The largest absolute Gasteiger partial charge is 0.472 e. The van der Waals surface area contributed by atoms with Gasteiger partial charge in [0.2, 0.25) is 0 Å². The van der Waals surface area contributed by atoms with Gasteiger partial charge in [0.1, 0.15) is 5.82 Å². The number of hydrogen-bond donors (Lipinski definition) is 1. The molecule has 1 N–H and O–H groups in total. The lowest BCUT2D eigenvalue weighted by atomic mass is 10.3. The third-order valence-electron chi connectivity index (χ3n) is 2.44. The molecule has 0 bridgehead atoms. The maximum Gasteiger partial charge on any atom is 0.321 e. The van der Waals surface area contributed by atoms with Crippen LogP contribution in [0.25, 0.3) is 0 Å². The molecule has 0 aliphatic rings. The van der Waals surface area contributed by atoms with Crippen LogP contribution in [0.3, 0.4) is 0 Å². The molecule has 2 aromatic rings. The lowest BCUT2D eigenvalue weighted by Gasteiger charge is -2.17. The van der Waals surface area contributed by atoms with Crippen molar-refractivity contribution in [2.75, 3.05) is 12.4 Å². The van der Waals surface area contributed by atoms with Crippen LogP contribution in [0, 0.1) is 5.82 Å². The molecule has 2 amide bonds. The Balaban J connectivity index is 1.93. The Labute approximate surface area is 104 Å². The number of rotatable bonds is 3. The van der Waals surface area contributed by atoms with Crippen LogP contribution in [0.15, 0.2) is 47.3 Å². The number of anilines is 1. The van der Waals surface area contributed by atoms with E-state index in [0.717, 1.165) is 5.56 Å². The first-order valence-electron chi connectivity index (χ1n) is 5.44. The van der Waals surface area contributed by atoms with Crippen molar-refractivity contribution in [1.82, 2.24) is 4.90 Å². The second-order valence-corrected chi connectivity index (χ2v) is 3.92. The first-order chi connectivity index (χ1) is 8.65. The lowest BCUT2D eigenvalue weighted by molar-refractivity contribution is 0.220. The number of benzene rings is 1. The summed E-state index contributed by atoms with van der Waals surface area (Å²) >= 11 is 0. The third kappa shape index (κ3) is 3.10. The van der Waals surface area contributed by atoms with Crippen LogP contribution < -0.4 is 5.32 Å². The highest BCUT2D eigenvalue weighted by Gasteiger charge is 2.09. The molecule has 2 rings (SSSR count). The van der Waals surface area contributed by atoms with Gasteiger partial charge in [-0.15, -0.1) is 0 Å². The number of halogens is 1. The van der Waals surface area contributed by atoms with E-state index in [4.69, 9.17) is 4.42 Å². The Morgan fingerprint density at radius 3 is 2.67 bits per heavy atom. The highest BCUT2D eigenvalue weighted by molar-refractivity contribution is 5.89. The molecule has 4 nitrogen and oxygen atoms in total. The van der Waals surface area contributed by atoms with Gasteiger partial charge in [0.05, 0.1) is 19.1 Å². The molecule has 0 unspecified atom stereocenters. The fourth-order valence-corrected chi connectivity index (χ4v) is 1.48. The highest BCUT2D eigenvalue weighted by Crippen LogP contribution is 2.10. The number of amides is 2. The number of carbonyl (C=O) groups is 1. The Kier molecular flexibility index (Phi) is 3.62. The fourth-order valence-electron chi connectivity index (χ4n) is 1.48. The summed E-state index contributed by atoms with van der Waals surface area (Å²) in [6.07, 6.45) is 3.14. The average molecular weight is 248 g/mol. The third-order valence-corrected chi connectivity index (χ3v) is 2.44. The van der Waals surface area contributed by atoms with E-state index in [9.17, 15) is 9.18 Å². The van der Waals surface area contributed by atoms with E-state index in [1.165, 1.54) is 29.2 Å². The molecule has 0 saturated carbocycles. The molecule has 94 valence electrons. The first-order valence-corrected chi connectivity index (χ1v) is 5.44. The minimum atomic E-state index is -0.334. The number of carbonyl (C=O) groups excluding carboxylic acids is 1. The molecular weight excluding hydrogens is 235 g/mol. The molecule has 0 fully saturated rings. The van der Waals surface area contributed by atoms with Crippen molar-refractivity contribution in [3.63, 3.8) is 0 Å². The molecule has 0 aliphatic carbocycles. The molecule has 1 aromatic carbocycles. The van der Waals surface area contributed by atoms with E-state index in [1.807, 2.05) is 0 Å². The van der Waals surface area contributed by atoms with E-state index in [2.05, 4.69) is 5.32 Å². The van der Waals surface area contributed by atoms with Crippen LogP contribution in [-0.2, 0) is 6.54 Å². The molecule has 1 heterocycles. The summed E-state index contributed by atoms with van der Waals surface area (Å²) < 4.78 is 17.6. The molecule has 0 spiro atoms. The van der Waals surface area contributed by atoms with Crippen molar-refractivity contribution in [2.45, 2.75) is 6.54 Å². The topological polar surface area (TPSA) is 45.5 Å². The van der Waals surface area contributed by atoms with Gasteiger partial charge >= 0.3 is 6.03 Å². The maximum atomic E-state index is 12.7. The number of furan rings is 1. The summed E-state index contributed by atoms with van der Waals surface area (Å²) in [6, 6.07) is 7.15. The molecular formula is C13H13FN2O2. The summed E-state index contributed by atoms with van der Waals surface area (Å²) in [4.78, 5) is 13.3. The fraction of sp³-hybridized carbons (Fsp3) is 0.154. The standard InChI is InChI=1S/C13H13FN2O2/c1-16(8-10-6-7-18-9-10)13(17)15-12-4-2-11(14)3-5-12/h2-7,9H,8H2,1H3,(H,15,17). The van der Waals surface area contributed by atoms with Gasteiger partial charge in [-0.05, 0) is 30.3 Å². The Morgan fingerprint density at radius 2 is 2.06 bits per heavy atom. The SMILES string of the molecule is CN(Cc1ccoc1)C(=O)Nc1ccc(F)cc1. The minimum absolute atomic E-state index is 0.261. The van der Waals surface area contributed by atoms with E-state index in [-0.39, 0.29) is 11.8 Å². The van der Waals surface area contributed by atoms with Crippen LogP contribution in [0.2, 0.25) is 0 Å². The predicted octanol–water partition coefficient (Wildman–Crippen LogP) is 3.08. The van der Waals surface area contributed by atoms with Gasteiger partial charge < -0.3 is 14.6 Å². The Hall–Kier alpha value is -2.30. The zero-order valence-electron chi connectivity index (χ0n) is 9.89. The average Bonchev–Trinajstić information content (AvgIpc) is 2.85.